The summed E-state index contributed by atoms with van der Waals surface area (Å²) in [5, 5.41) is 3.54. The van der Waals surface area contributed by atoms with Gasteiger partial charge in [-0.15, -0.1) is 11.3 Å². The van der Waals surface area contributed by atoms with Crippen LogP contribution in [0.3, 0.4) is 0 Å². The van der Waals surface area contributed by atoms with Gasteiger partial charge in [0.25, 0.3) is 0 Å². The predicted octanol–water partition coefficient (Wildman–Crippen LogP) is 5.26. The molecular formula is C13H15Br2NOS. The van der Waals surface area contributed by atoms with Crippen molar-refractivity contribution < 1.29 is 4.42 Å². The molecule has 1 unspecified atom stereocenters. The van der Waals surface area contributed by atoms with Gasteiger partial charge in [-0.25, -0.2) is 0 Å². The van der Waals surface area contributed by atoms with Gasteiger partial charge in [-0.1, -0.05) is 6.92 Å². The van der Waals surface area contributed by atoms with Gasteiger partial charge in [0, 0.05) is 4.88 Å². The molecule has 5 heteroatoms. The number of thiophene rings is 1. The lowest BCUT2D eigenvalue weighted by Gasteiger charge is -2.15. The van der Waals surface area contributed by atoms with Crippen LogP contribution in [-0.4, -0.2) is 6.54 Å². The van der Waals surface area contributed by atoms with Gasteiger partial charge in [-0.2, -0.15) is 0 Å². The molecule has 0 aliphatic heterocycles. The van der Waals surface area contributed by atoms with Gasteiger partial charge in [0.05, 0.1) is 14.5 Å². The Labute approximate surface area is 128 Å². The number of halogens is 2. The number of nitrogens with one attached hydrogen (secondary N) is 1. The Morgan fingerprint density at radius 3 is 2.72 bits per heavy atom. The maximum absolute atomic E-state index is 5.61. The third-order valence-corrected chi connectivity index (χ3v) is 5.52. The van der Waals surface area contributed by atoms with Crippen LogP contribution in [0.5, 0.6) is 0 Å². The van der Waals surface area contributed by atoms with Crippen molar-refractivity contribution in [2.45, 2.75) is 26.3 Å². The fourth-order valence-electron chi connectivity index (χ4n) is 1.75. The van der Waals surface area contributed by atoms with E-state index in [1.165, 1.54) is 14.2 Å². The Morgan fingerprint density at radius 2 is 2.22 bits per heavy atom. The van der Waals surface area contributed by atoms with Crippen molar-refractivity contribution in [3.05, 3.63) is 42.9 Å². The Hall–Kier alpha value is -0.100. The van der Waals surface area contributed by atoms with Crippen LogP contribution in [0.25, 0.3) is 0 Å². The molecule has 1 atom stereocenters. The van der Waals surface area contributed by atoms with Crippen LogP contribution in [0, 0.1) is 6.92 Å². The van der Waals surface area contributed by atoms with Crippen LogP contribution in [0.2, 0.25) is 0 Å². The highest BCUT2D eigenvalue weighted by Crippen LogP contribution is 2.37. The molecule has 0 bridgehead atoms. The summed E-state index contributed by atoms with van der Waals surface area (Å²) in [6, 6.07) is 4.26. The second kappa shape index (κ2) is 6.37. The maximum Gasteiger partial charge on any atom is 0.140 e. The number of furan rings is 1. The van der Waals surface area contributed by atoms with E-state index in [1.54, 1.807) is 17.6 Å². The molecule has 0 spiro atoms. The molecule has 1 N–H and O–H groups in total. The molecule has 0 aliphatic rings. The van der Waals surface area contributed by atoms with E-state index in [0.29, 0.717) is 0 Å². The van der Waals surface area contributed by atoms with Gasteiger partial charge in [-0.3, -0.25) is 0 Å². The molecule has 0 saturated carbocycles. The zero-order chi connectivity index (χ0) is 13.1. The molecule has 2 nitrogen and oxygen atoms in total. The van der Waals surface area contributed by atoms with Crippen LogP contribution in [0.1, 0.15) is 35.6 Å². The second-order valence-corrected chi connectivity index (χ2v) is 7.38. The van der Waals surface area contributed by atoms with E-state index in [0.717, 1.165) is 23.2 Å². The van der Waals surface area contributed by atoms with Crippen molar-refractivity contribution >= 4 is 43.2 Å². The summed E-state index contributed by atoms with van der Waals surface area (Å²) in [4.78, 5) is 1.27. The lowest BCUT2D eigenvalue weighted by atomic mass is 10.1. The molecule has 98 valence electrons. The van der Waals surface area contributed by atoms with Gasteiger partial charge in [0.2, 0.25) is 0 Å². The Balaban J connectivity index is 2.33. The van der Waals surface area contributed by atoms with Gasteiger partial charge in [-0.05, 0) is 69.4 Å². The minimum absolute atomic E-state index is 0.115. The molecule has 2 rings (SSSR count). The maximum atomic E-state index is 5.61. The normalized spacial score (nSPS) is 12.9. The summed E-state index contributed by atoms with van der Waals surface area (Å²) >= 11 is 8.88. The first kappa shape index (κ1) is 14.3. The van der Waals surface area contributed by atoms with E-state index in [1.807, 2.05) is 6.07 Å². The van der Waals surface area contributed by atoms with Crippen molar-refractivity contribution in [2.75, 3.05) is 6.54 Å². The van der Waals surface area contributed by atoms with Crippen LogP contribution in [0.15, 0.2) is 31.1 Å². The summed E-state index contributed by atoms with van der Waals surface area (Å²) in [5.41, 5.74) is 1.26. The highest BCUT2D eigenvalue weighted by atomic mass is 79.9. The predicted molar refractivity (Wildman–Crippen MR) is 83.3 cm³/mol. The average Bonchev–Trinajstić information content (AvgIpc) is 2.88. The summed E-state index contributed by atoms with van der Waals surface area (Å²) in [5.74, 6) is 0.942. The van der Waals surface area contributed by atoms with E-state index in [2.05, 4.69) is 57.1 Å². The lowest BCUT2D eigenvalue weighted by molar-refractivity contribution is 0.447. The van der Waals surface area contributed by atoms with Crippen LogP contribution < -0.4 is 5.32 Å². The highest BCUT2D eigenvalue weighted by Gasteiger charge is 2.21. The number of rotatable bonds is 5. The van der Waals surface area contributed by atoms with E-state index in [9.17, 15) is 0 Å². The van der Waals surface area contributed by atoms with Crippen molar-refractivity contribution in [1.82, 2.24) is 5.32 Å². The van der Waals surface area contributed by atoms with Crippen molar-refractivity contribution in [2.24, 2.45) is 0 Å². The Morgan fingerprint density at radius 1 is 1.44 bits per heavy atom. The fraction of sp³-hybridized carbons (Fsp3) is 0.385. The molecule has 2 aromatic rings. The standard InChI is InChI=1S/C13H15Br2NOS/c1-3-5-16-11(12-9(14)4-6-17-12)10-7-8(2)13(15)18-10/h4,6-7,11,16H,3,5H2,1-2H3. The topological polar surface area (TPSA) is 25.2 Å². The molecule has 0 saturated heterocycles. The fourth-order valence-corrected chi connectivity index (χ4v) is 3.82. The van der Waals surface area contributed by atoms with E-state index >= 15 is 0 Å². The first-order chi connectivity index (χ1) is 8.63. The molecular weight excluding hydrogens is 378 g/mol. The van der Waals surface area contributed by atoms with Gasteiger partial charge >= 0.3 is 0 Å². The minimum Gasteiger partial charge on any atom is -0.466 e. The zero-order valence-electron chi connectivity index (χ0n) is 10.3. The van der Waals surface area contributed by atoms with Crippen molar-refractivity contribution in [3.8, 4) is 0 Å². The van der Waals surface area contributed by atoms with Gasteiger partial charge < -0.3 is 9.73 Å². The first-order valence-electron chi connectivity index (χ1n) is 5.85. The number of hydrogen-bond donors (Lipinski definition) is 1. The average molecular weight is 393 g/mol. The lowest BCUT2D eigenvalue weighted by Crippen LogP contribution is -2.22. The van der Waals surface area contributed by atoms with Gasteiger partial charge in [0.1, 0.15) is 11.8 Å². The third kappa shape index (κ3) is 3.07. The molecule has 0 aromatic carbocycles. The zero-order valence-corrected chi connectivity index (χ0v) is 14.3. The summed E-state index contributed by atoms with van der Waals surface area (Å²) in [6.45, 7) is 5.24. The van der Waals surface area contributed by atoms with E-state index in [4.69, 9.17) is 4.42 Å². The molecule has 0 amide bonds. The molecule has 0 aliphatic carbocycles. The summed E-state index contributed by atoms with van der Waals surface area (Å²) < 4.78 is 7.81. The molecule has 0 radical (unpaired) electrons. The van der Waals surface area contributed by atoms with Crippen molar-refractivity contribution in [1.29, 1.82) is 0 Å². The van der Waals surface area contributed by atoms with E-state index < -0.39 is 0 Å². The smallest absolute Gasteiger partial charge is 0.140 e. The molecule has 2 heterocycles. The van der Waals surface area contributed by atoms with Crippen molar-refractivity contribution in [3.63, 3.8) is 0 Å². The summed E-state index contributed by atoms with van der Waals surface area (Å²) in [6.07, 6.45) is 2.82. The molecule has 2 aromatic heterocycles. The summed E-state index contributed by atoms with van der Waals surface area (Å²) in [7, 11) is 0. The SMILES string of the molecule is CCCNC(c1cc(C)c(Br)s1)c1occc1Br. The second-order valence-electron chi connectivity index (χ2n) is 4.13. The highest BCUT2D eigenvalue weighted by molar-refractivity contribution is 9.11. The van der Waals surface area contributed by atoms with Gasteiger partial charge in [0.15, 0.2) is 0 Å². The quantitative estimate of drug-likeness (QED) is 0.750. The largest absolute Gasteiger partial charge is 0.466 e. The molecule has 0 fully saturated rings. The van der Waals surface area contributed by atoms with E-state index in [-0.39, 0.29) is 6.04 Å². The van der Waals surface area contributed by atoms with Crippen LogP contribution >= 0.6 is 43.2 Å². The first-order valence-corrected chi connectivity index (χ1v) is 8.25. The minimum atomic E-state index is 0.115. The molecule has 18 heavy (non-hydrogen) atoms. The monoisotopic (exact) mass is 391 g/mol. The van der Waals surface area contributed by atoms with Crippen LogP contribution in [-0.2, 0) is 0 Å². The number of aryl methyl sites for hydroxylation is 1. The Bertz CT molecular complexity index is 501. The van der Waals surface area contributed by atoms with Crippen LogP contribution in [0.4, 0.5) is 0 Å². The number of hydrogen-bond acceptors (Lipinski definition) is 3. The Kier molecular flexibility index (Phi) is 5.06. The third-order valence-electron chi connectivity index (χ3n) is 2.67.